The van der Waals surface area contributed by atoms with Gasteiger partial charge in [0.2, 0.25) is 11.7 Å². The van der Waals surface area contributed by atoms with E-state index in [0.29, 0.717) is 6.42 Å². The number of ether oxygens (including phenoxy) is 1. The van der Waals surface area contributed by atoms with Gasteiger partial charge in [-0.25, -0.2) is 0 Å². The van der Waals surface area contributed by atoms with Crippen molar-refractivity contribution < 1.29 is 14.6 Å². The Kier molecular flexibility index (Phi) is 8.93. The maximum atomic E-state index is 12.9. The van der Waals surface area contributed by atoms with Crippen LogP contribution in [-0.4, -0.2) is 22.1 Å². The Balaban J connectivity index is 2.46. The van der Waals surface area contributed by atoms with Crippen LogP contribution in [0.15, 0.2) is 4.79 Å². The molecular weight excluding hydrogens is 509 g/mol. The average Bonchev–Trinajstić information content (AvgIpc) is 2.73. The number of Topliss-reactive ketones (excluding diaryl/α,β-unsaturated/α-hetero) is 1. The molecule has 0 unspecified atom stereocenters. The first kappa shape index (κ1) is 25.6. The molecule has 31 heavy (non-hydrogen) atoms. The van der Waals surface area contributed by atoms with Gasteiger partial charge in [0.05, 0.1) is 20.6 Å². The number of halogens is 5. The number of ketones is 1. The molecule has 0 amide bonds. The van der Waals surface area contributed by atoms with Crippen LogP contribution in [0.2, 0.25) is 25.1 Å². The maximum absolute atomic E-state index is 12.9. The molecular formula is C20H17Cl5N2O4. The number of benzene rings is 1. The maximum Gasteiger partial charge on any atom is 0.271 e. The second-order valence-corrected chi connectivity index (χ2v) is 8.48. The lowest BCUT2D eigenvalue weighted by atomic mass is 10.0. The summed E-state index contributed by atoms with van der Waals surface area (Å²) in [4.78, 5) is 25.4. The number of nitrogens with zero attached hydrogens (tertiary/aromatic N) is 2. The van der Waals surface area contributed by atoms with Gasteiger partial charge >= 0.3 is 0 Å². The van der Waals surface area contributed by atoms with E-state index >= 15 is 0 Å². The Morgan fingerprint density at radius 1 is 1.06 bits per heavy atom. The van der Waals surface area contributed by atoms with E-state index in [0.717, 1.165) is 17.4 Å². The summed E-state index contributed by atoms with van der Waals surface area (Å²) in [5.41, 5.74) is -1.04. The molecule has 2 aromatic rings. The van der Waals surface area contributed by atoms with Crippen molar-refractivity contribution in [2.24, 2.45) is 0 Å². The predicted octanol–water partition coefficient (Wildman–Crippen LogP) is 6.45. The van der Waals surface area contributed by atoms with Gasteiger partial charge in [-0.3, -0.25) is 14.2 Å². The van der Waals surface area contributed by atoms with E-state index in [4.69, 9.17) is 62.7 Å². The second kappa shape index (κ2) is 10.8. The van der Waals surface area contributed by atoms with Gasteiger partial charge in [0.15, 0.2) is 12.4 Å². The minimum atomic E-state index is -0.704. The van der Waals surface area contributed by atoms with Gasteiger partial charge < -0.3 is 9.84 Å². The predicted molar refractivity (Wildman–Crippen MR) is 123 cm³/mol. The Hall–Kier alpha value is -1.62. The molecule has 2 rings (SSSR count). The molecule has 1 aromatic heterocycles. The molecule has 0 aliphatic carbocycles. The van der Waals surface area contributed by atoms with Crippen LogP contribution in [0.25, 0.3) is 0 Å². The van der Waals surface area contributed by atoms with Crippen molar-refractivity contribution in [1.29, 1.82) is 5.26 Å². The zero-order chi connectivity index (χ0) is 23.5. The minimum absolute atomic E-state index is 0.0507. The third kappa shape index (κ3) is 5.08. The normalized spacial score (nSPS) is 10.8. The highest BCUT2D eigenvalue weighted by atomic mass is 35.5. The average molecular weight is 527 g/mol. The molecule has 6 nitrogen and oxygen atoms in total. The van der Waals surface area contributed by atoms with Crippen LogP contribution < -0.4 is 10.3 Å². The highest BCUT2D eigenvalue weighted by Crippen LogP contribution is 2.48. The third-order valence-electron chi connectivity index (χ3n) is 4.58. The summed E-state index contributed by atoms with van der Waals surface area (Å²) >= 11 is 30.1. The fraction of sp³-hybridized carbons (Fsp3) is 0.350. The van der Waals surface area contributed by atoms with Gasteiger partial charge in [-0.2, -0.15) is 5.26 Å². The number of carbonyl (C=O) groups excluding carboxylic acids is 1. The summed E-state index contributed by atoms with van der Waals surface area (Å²) in [6, 6.07) is 1.80. The molecule has 1 aromatic carbocycles. The van der Waals surface area contributed by atoms with Crippen LogP contribution in [0.4, 0.5) is 0 Å². The summed E-state index contributed by atoms with van der Waals surface area (Å²) in [6.07, 6.45) is 2.29. The van der Waals surface area contributed by atoms with Crippen molar-refractivity contribution in [3.05, 3.63) is 52.2 Å². The van der Waals surface area contributed by atoms with Crippen molar-refractivity contribution in [3.8, 4) is 17.7 Å². The number of hydrogen-bond acceptors (Lipinski definition) is 5. The van der Waals surface area contributed by atoms with E-state index < -0.39 is 23.8 Å². The summed E-state index contributed by atoms with van der Waals surface area (Å²) in [7, 11) is 0. The van der Waals surface area contributed by atoms with E-state index in [-0.39, 0.29) is 54.1 Å². The lowest BCUT2D eigenvalue weighted by molar-refractivity contribution is 0.0916. The van der Waals surface area contributed by atoms with Gasteiger partial charge in [-0.15, -0.1) is 0 Å². The summed E-state index contributed by atoms with van der Waals surface area (Å²) in [5.74, 6) is -1.40. The number of carbonyl (C=O) groups is 1. The lowest BCUT2D eigenvalue weighted by Gasteiger charge is -2.17. The van der Waals surface area contributed by atoms with E-state index in [9.17, 15) is 20.0 Å². The fourth-order valence-electron chi connectivity index (χ4n) is 2.93. The van der Waals surface area contributed by atoms with Crippen molar-refractivity contribution >= 4 is 63.8 Å². The van der Waals surface area contributed by atoms with E-state index in [1.807, 2.05) is 6.92 Å². The molecule has 0 atom stereocenters. The molecule has 11 heteroatoms. The number of pyridine rings is 1. The van der Waals surface area contributed by atoms with Gasteiger partial charge in [-0.1, -0.05) is 77.8 Å². The highest BCUT2D eigenvalue weighted by molar-refractivity contribution is 6.55. The van der Waals surface area contributed by atoms with Crippen LogP contribution in [0.1, 0.15) is 47.7 Å². The van der Waals surface area contributed by atoms with Gasteiger partial charge in [-0.05, 0) is 18.9 Å². The van der Waals surface area contributed by atoms with Gasteiger partial charge in [0.1, 0.15) is 21.7 Å². The number of aromatic nitrogens is 1. The molecule has 0 aliphatic rings. The highest BCUT2D eigenvalue weighted by Gasteiger charge is 2.26. The number of unbranched alkanes of at least 4 members (excludes halogenated alkanes) is 2. The molecule has 0 saturated heterocycles. The summed E-state index contributed by atoms with van der Waals surface area (Å²) in [6.45, 7) is 2.92. The number of aromatic hydroxyl groups is 1. The molecule has 0 spiro atoms. The second-order valence-electron chi connectivity index (χ2n) is 6.59. The molecule has 0 saturated carbocycles. The first-order valence-corrected chi connectivity index (χ1v) is 11.0. The Labute approximate surface area is 203 Å². The van der Waals surface area contributed by atoms with E-state index in [1.54, 1.807) is 6.07 Å². The monoisotopic (exact) mass is 524 g/mol. The number of nitriles is 1. The molecule has 0 bridgehead atoms. The SMILES string of the molecule is CCCCCn1c(O)c(C(=O)COc2c(Cl)c(Cl)c(Cl)c(Cl)c2Cl)c(C)c(C#N)c1=O. The molecule has 1 heterocycles. The minimum Gasteiger partial charge on any atom is -0.494 e. The van der Waals surface area contributed by atoms with Crippen LogP contribution in [-0.2, 0) is 6.54 Å². The summed E-state index contributed by atoms with van der Waals surface area (Å²) < 4.78 is 6.45. The van der Waals surface area contributed by atoms with Crippen LogP contribution in [0, 0.1) is 18.3 Å². The summed E-state index contributed by atoms with van der Waals surface area (Å²) in [5, 5.41) is 19.5. The molecule has 1 N–H and O–H groups in total. The quantitative estimate of drug-likeness (QED) is 0.185. The Morgan fingerprint density at radius 2 is 1.61 bits per heavy atom. The van der Waals surface area contributed by atoms with Crippen LogP contribution in [0.3, 0.4) is 0 Å². The first-order valence-electron chi connectivity index (χ1n) is 9.12. The van der Waals surface area contributed by atoms with Gasteiger partial charge in [0, 0.05) is 6.54 Å². The van der Waals surface area contributed by atoms with Crippen LogP contribution >= 0.6 is 58.0 Å². The van der Waals surface area contributed by atoms with Gasteiger partial charge in [0.25, 0.3) is 5.56 Å². The standard InChI is InChI=1S/C20H17Cl5N2O4/c1-3-4-5-6-27-19(29)10(7-26)9(2)12(20(27)30)11(28)8-31-18-16(24)14(22)13(21)15(23)17(18)25/h30H,3-6,8H2,1-2H3. The molecule has 0 fully saturated rings. The van der Waals surface area contributed by atoms with Crippen molar-refractivity contribution in [1.82, 2.24) is 4.57 Å². The lowest BCUT2D eigenvalue weighted by Crippen LogP contribution is -2.28. The van der Waals surface area contributed by atoms with Crippen molar-refractivity contribution in [3.63, 3.8) is 0 Å². The smallest absolute Gasteiger partial charge is 0.271 e. The molecule has 0 radical (unpaired) electrons. The van der Waals surface area contributed by atoms with Crippen molar-refractivity contribution in [2.45, 2.75) is 39.7 Å². The topological polar surface area (TPSA) is 92.3 Å². The third-order valence-corrected chi connectivity index (χ3v) is 6.82. The zero-order valence-corrected chi connectivity index (χ0v) is 20.3. The molecule has 166 valence electrons. The van der Waals surface area contributed by atoms with Crippen LogP contribution in [0.5, 0.6) is 11.6 Å². The fourth-order valence-corrected chi connectivity index (χ4v) is 4.16. The largest absolute Gasteiger partial charge is 0.494 e. The first-order chi connectivity index (χ1) is 14.6. The Morgan fingerprint density at radius 3 is 2.13 bits per heavy atom. The van der Waals surface area contributed by atoms with E-state index in [1.165, 1.54) is 6.92 Å². The molecule has 0 aliphatic heterocycles. The Bertz CT molecular complexity index is 1110. The zero-order valence-electron chi connectivity index (χ0n) is 16.5. The van der Waals surface area contributed by atoms with Crippen molar-refractivity contribution in [2.75, 3.05) is 6.61 Å². The number of hydrogen-bond donors (Lipinski definition) is 1. The van der Waals surface area contributed by atoms with E-state index in [2.05, 4.69) is 0 Å². The number of rotatable bonds is 8.